The molecule has 0 amide bonds. The molecular formula is C20H20Cl2N4O. The lowest BCUT2D eigenvalue weighted by atomic mass is 9.86. The standard InChI is InChI=1S/C20H20Cl2N4O/c21-13-5-3-12(4-6-13)10-24-17-8-7-15(19(22)26-17)18(27)16-11-25-20-14(16)2-1-9-23-20/h2-8,15-16,19H,1,9-11H2,(H,23,25)(H,24,26). The second-order valence-corrected chi connectivity index (χ2v) is 7.65. The largest absolute Gasteiger partial charge is 0.369 e. The second kappa shape index (κ2) is 7.87. The summed E-state index contributed by atoms with van der Waals surface area (Å²) in [5, 5.41) is 7.18. The van der Waals surface area contributed by atoms with Crippen LogP contribution < -0.4 is 10.6 Å². The molecule has 3 aliphatic rings. The molecule has 0 spiro atoms. The van der Waals surface area contributed by atoms with Crippen LogP contribution in [0.5, 0.6) is 0 Å². The number of nitrogens with one attached hydrogen (secondary N) is 2. The lowest BCUT2D eigenvalue weighted by Crippen LogP contribution is -2.34. The van der Waals surface area contributed by atoms with Crippen molar-refractivity contribution in [3.63, 3.8) is 0 Å². The molecule has 1 aromatic carbocycles. The van der Waals surface area contributed by atoms with E-state index in [1.54, 1.807) is 0 Å². The Labute approximate surface area is 168 Å². The molecule has 3 unspecified atom stereocenters. The highest BCUT2D eigenvalue weighted by Gasteiger charge is 2.38. The number of dihydropyridines is 2. The third-order valence-electron chi connectivity index (χ3n) is 4.96. The fourth-order valence-electron chi connectivity index (χ4n) is 3.52. The smallest absolute Gasteiger partial charge is 0.152 e. The van der Waals surface area contributed by atoms with Crippen molar-refractivity contribution in [3.8, 4) is 0 Å². The van der Waals surface area contributed by atoms with E-state index in [0.717, 1.165) is 29.9 Å². The van der Waals surface area contributed by atoms with Gasteiger partial charge in [-0.1, -0.05) is 47.5 Å². The third kappa shape index (κ3) is 3.94. The summed E-state index contributed by atoms with van der Waals surface area (Å²) in [6, 6.07) is 7.61. The van der Waals surface area contributed by atoms with E-state index in [-0.39, 0.29) is 11.7 Å². The van der Waals surface area contributed by atoms with Crippen LogP contribution in [0.2, 0.25) is 5.02 Å². The molecule has 27 heavy (non-hydrogen) atoms. The van der Waals surface area contributed by atoms with Crippen molar-refractivity contribution >= 4 is 40.7 Å². The van der Waals surface area contributed by atoms with E-state index in [1.807, 2.05) is 36.4 Å². The van der Waals surface area contributed by atoms with Gasteiger partial charge >= 0.3 is 0 Å². The van der Waals surface area contributed by atoms with Gasteiger partial charge in [-0.2, -0.15) is 0 Å². The molecule has 1 saturated heterocycles. The first kappa shape index (κ1) is 18.3. The Morgan fingerprint density at radius 3 is 2.89 bits per heavy atom. The Morgan fingerprint density at radius 1 is 1.30 bits per heavy atom. The third-order valence-corrected chi connectivity index (χ3v) is 5.59. The van der Waals surface area contributed by atoms with Gasteiger partial charge in [0, 0.05) is 30.2 Å². The van der Waals surface area contributed by atoms with Gasteiger partial charge in [0.25, 0.3) is 0 Å². The van der Waals surface area contributed by atoms with Crippen molar-refractivity contribution < 1.29 is 4.79 Å². The molecule has 3 aliphatic heterocycles. The lowest BCUT2D eigenvalue weighted by Gasteiger charge is -2.23. The van der Waals surface area contributed by atoms with Crippen molar-refractivity contribution in [2.24, 2.45) is 21.8 Å². The zero-order valence-corrected chi connectivity index (χ0v) is 16.2. The molecule has 0 bridgehead atoms. The molecule has 0 radical (unpaired) electrons. The first-order chi connectivity index (χ1) is 13.1. The minimum Gasteiger partial charge on any atom is -0.369 e. The minimum atomic E-state index is -0.611. The summed E-state index contributed by atoms with van der Waals surface area (Å²) >= 11 is 12.3. The number of Topliss-reactive ketones (excluding diaryl/α,β-unsaturated/α-hetero) is 1. The number of amidine groups is 2. The quantitative estimate of drug-likeness (QED) is 0.600. The van der Waals surface area contributed by atoms with Crippen LogP contribution in [0, 0.1) is 11.8 Å². The normalized spacial score (nSPS) is 26.4. The number of benzene rings is 1. The summed E-state index contributed by atoms with van der Waals surface area (Å²) in [5.41, 5.74) is 1.49. The van der Waals surface area contributed by atoms with Gasteiger partial charge < -0.3 is 10.6 Å². The zero-order valence-electron chi connectivity index (χ0n) is 14.7. The van der Waals surface area contributed by atoms with Gasteiger partial charge in [0.2, 0.25) is 0 Å². The number of hydrogen-bond donors (Lipinski definition) is 2. The Balaban J connectivity index is 1.39. The van der Waals surface area contributed by atoms with Crippen molar-refractivity contribution in [1.82, 2.24) is 10.6 Å². The van der Waals surface area contributed by atoms with Crippen LogP contribution in [0.1, 0.15) is 12.0 Å². The maximum Gasteiger partial charge on any atom is 0.152 e. The van der Waals surface area contributed by atoms with E-state index in [4.69, 9.17) is 23.2 Å². The Hall–Kier alpha value is -2.11. The van der Waals surface area contributed by atoms with Gasteiger partial charge in [0.05, 0.1) is 11.8 Å². The number of rotatable bonds is 4. The van der Waals surface area contributed by atoms with Crippen LogP contribution in [0.4, 0.5) is 0 Å². The van der Waals surface area contributed by atoms with Crippen LogP contribution in [0.25, 0.3) is 0 Å². The topological polar surface area (TPSA) is 65.8 Å². The molecule has 3 atom stereocenters. The molecular weight excluding hydrogens is 383 g/mol. The van der Waals surface area contributed by atoms with Gasteiger partial charge in [-0.05, 0) is 30.2 Å². The Morgan fingerprint density at radius 2 is 2.11 bits per heavy atom. The van der Waals surface area contributed by atoms with Gasteiger partial charge in [-0.3, -0.25) is 9.79 Å². The van der Waals surface area contributed by atoms with Crippen molar-refractivity contribution in [2.75, 3.05) is 13.1 Å². The van der Waals surface area contributed by atoms with Crippen molar-refractivity contribution in [3.05, 3.63) is 58.7 Å². The second-order valence-electron chi connectivity index (χ2n) is 6.77. The molecule has 7 heteroatoms. The van der Waals surface area contributed by atoms with E-state index >= 15 is 0 Å². The fourth-order valence-corrected chi connectivity index (χ4v) is 3.96. The number of nitrogens with zero attached hydrogens (tertiary/aromatic N) is 2. The number of halogens is 2. The monoisotopic (exact) mass is 402 g/mol. The van der Waals surface area contributed by atoms with E-state index in [1.165, 1.54) is 0 Å². The average molecular weight is 403 g/mol. The van der Waals surface area contributed by atoms with Gasteiger partial charge in [0.15, 0.2) is 5.78 Å². The molecule has 0 aliphatic carbocycles. The number of fused-ring (bicyclic) bond motifs is 1. The number of ketones is 1. The molecule has 1 fully saturated rings. The highest BCUT2D eigenvalue weighted by Crippen LogP contribution is 2.29. The maximum absolute atomic E-state index is 13.0. The summed E-state index contributed by atoms with van der Waals surface area (Å²) in [6.07, 6.45) is 6.69. The fraction of sp³-hybridized carbons (Fsp3) is 0.350. The molecule has 0 saturated carbocycles. The van der Waals surface area contributed by atoms with Gasteiger partial charge in [-0.15, -0.1) is 0 Å². The van der Waals surface area contributed by atoms with Crippen molar-refractivity contribution in [2.45, 2.75) is 18.5 Å². The highest BCUT2D eigenvalue weighted by molar-refractivity contribution is 6.30. The number of carbonyl (C=O) groups is 1. The first-order valence-corrected chi connectivity index (χ1v) is 9.84. The summed E-state index contributed by atoms with van der Waals surface area (Å²) < 4.78 is 0. The highest BCUT2D eigenvalue weighted by atomic mass is 35.5. The Kier molecular flexibility index (Phi) is 5.32. The summed E-state index contributed by atoms with van der Waals surface area (Å²) in [4.78, 5) is 21.9. The number of carbonyl (C=O) groups excluding carboxylic acids is 1. The van der Waals surface area contributed by atoms with Gasteiger partial charge in [0.1, 0.15) is 17.2 Å². The first-order valence-electron chi connectivity index (χ1n) is 9.02. The Bertz CT molecular complexity index is 857. The van der Waals surface area contributed by atoms with E-state index < -0.39 is 11.4 Å². The van der Waals surface area contributed by atoms with Crippen LogP contribution in [0.3, 0.4) is 0 Å². The molecule has 0 aromatic heterocycles. The zero-order chi connectivity index (χ0) is 18.8. The molecule has 3 heterocycles. The molecule has 4 rings (SSSR count). The molecule has 2 N–H and O–H groups in total. The predicted octanol–water partition coefficient (Wildman–Crippen LogP) is 3.10. The number of hydrogen-bond acceptors (Lipinski definition) is 5. The SMILES string of the molecule is O=C(C1CNC2=NCCC=C21)C1C=CC(NCc2ccc(Cl)cc2)=NC1Cl. The van der Waals surface area contributed by atoms with E-state index in [2.05, 4.69) is 26.7 Å². The molecule has 5 nitrogen and oxygen atoms in total. The predicted molar refractivity (Wildman–Crippen MR) is 109 cm³/mol. The average Bonchev–Trinajstić information content (AvgIpc) is 3.11. The minimum absolute atomic E-state index is 0.0950. The van der Waals surface area contributed by atoms with E-state index in [9.17, 15) is 4.79 Å². The number of alkyl halides is 1. The van der Waals surface area contributed by atoms with Crippen LogP contribution >= 0.6 is 23.2 Å². The van der Waals surface area contributed by atoms with Gasteiger partial charge in [-0.25, -0.2) is 4.99 Å². The molecule has 140 valence electrons. The molecule has 1 aromatic rings. The van der Waals surface area contributed by atoms with Crippen LogP contribution in [-0.2, 0) is 11.3 Å². The number of aliphatic imine (C=N–C) groups is 2. The summed E-state index contributed by atoms with van der Waals surface area (Å²) in [7, 11) is 0. The van der Waals surface area contributed by atoms with E-state index in [0.29, 0.717) is 23.9 Å². The van der Waals surface area contributed by atoms with Crippen molar-refractivity contribution in [1.29, 1.82) is 0 Å². The lowest BCUT2D eigenvalue weighted by molar-refractivity contribution is -0.123. The maximum atomic E-state index is 13.0. The summed E-state index contributed by atoms with van der Waals surface area (Å²) in [5.74, 6) is 1.01. The van der Waals surface area contributed by atoms with Crippen LogP contribution in [0.15, 0.2) is 58.1 Å². The van der Waals surface area contributed by atoms with Crippen LogP contribution in [-0.4, -0.2) is 36.0 Å². The summed E-state index contributed by atoms with van der Waals surface area (Å²) in [6.45, 7) is 1.98.